The molecule has 3 aromatic heterocycles. The second-order valence-electron chi connectivity index (χ2n) is 5.54. The van der Waals surface area contributed by atoms with Gasteiger partial charge in [0, 0.05) is 15.1 Å². The number of hydrogen-bond donors (Lipinski definition) is 2. The molecule has 3 rings (SSSR count). The average Bonchev–Trinajstić information content (AvgIpc) is 3.03. The minimum absolute atomic E-state index is 0.189. The van der Waals surface area contributed by atoms with Crippen LogP contribution in [0.2, 0.25) is 0 Å². The molecular weight excluding hydrogens is 362 g/mol. The molecule has 0 aromatic carbocycles. The third kappa shape index (κ3) is 2.64. The van der Waals surface area contributed by atoms with Crippen LogP contribution in [-0.2, 0) is 6.42 Å². The summed E-state index contributed by atoms with van der Waals surface area (Å²) in [5, 5.41) is 2.40. The van der Waals surface area contributed by atoms with Crippen molar-refractivity contribution in [2.24, 2.45) is 0 Å². The largest absolute Gasteiger partial charge is 0.322 e. The van der Waals surface area contributed by atoms with Crippen LogP contribution in [0.1, 0.15) is 38.2 Å². The molecule has 126 valence electrons. The normalized spacial score (nSPS) is 11.2. The zero-order valence-electron chi connectivity index (χ0n) is 13.8. The van der Waals surface area contributed by atoms with Crippen molar-refractivity contribution >= 4 is 51.0 Å². The van der Waals surface area contributed by atoms with Gasteiger partial charge in [0.15, 0.2) is 0 Å². The Bertz CT molecular complexity index is 1070. The van der Waals surface area contributed by atoms with Crippen LogP contribution in [0.25, 0.3) is 10.2 Å². The van der Waals surface area contributed by atoms with E-state index < -0.39 is 0 Å². The van der Waals surface area contributed by atoms with Crippen molar-refractivity contribution < 1.29 is 4.79 Å². The van der Waals surface area contributed by atoms with Gasteiger partial charge < -0.3 is 4.98 Å². The molecule has 5 nitrogen and oxygen atoms in total. The Morgan fingerprint density at radius 2 is 2.04 bits per heavy atom. The Morgan fingerprint density at radius 3 is 2.62 bits per heavy atom. The van der Waals surface area contributed by atoms with Gasteiger partial charge in [-0.15, -0.1) is 22.7 Å². The third-order valence-electron chi connectivity index (χ3n) is 4.15. The van der Waals surface area contributed by atoms with E-state index >= 15 is 0 Å². The van der Waals surface area contributed by atoms with Crippen LogP contribution in [0.5, 0.6) is 0 Å². The molecule has 2 N–H and O–H groups in total. The molecule has 3 heterocycles. The quantitative estimate of drug-likeness (QED) is 0.675. The van der Waals surface area contributed by atoms with E-state index in [2.05, 4.69) is 10.4 Å². The van der Waals surface area contributed by atoms with Crippen LogP contribution in [0.3, 0.4) is 0 Å². The fraction of sp³-hybridized carbons (Fsp3) is 0.312. The lowest BCUT2D eigenvalue weighted by molar-refractivity contribution is 0.101. The van der Waals surface area contributed by atoms with E-state index in [1.54, 1.807) is 5.38 Å². The van der Waals surface area contributed by atoms with Gasteiger partial charge in [-0.25, -0.2) is 0 Å². The van der Waals surface area contributed by atoms with Crippen molar-refractivity contribution in [3.05, 3.63) is 46.9 Å². The molecule has 0 bridgehead atoms. The van der Waals surface area contributed by atoms with Gasteiger partial charge in [0.2, 0.25) is 4.77 Å². The fourth-order valence-corrected chi connectivity index (χ4v) is 4.97. The Balaban J connectivity index is 2.13. The maximum absolute atomic E-state index is 12.9. The topological polar surface area (TPSA) is 66.9 Å². The van der Waals surface area contributed by atoms with Crippen LogP contribution < -0.4 is 11.0 Å². The number of nitrogens with one attached hydrogen (secondary N) is 2. The first kappa shape index (κ1) is 17.1. The summed E-state index contributed by atoms with van der Waals surface area (Å²) in [6.07, 6.45) is 0.752. The van der Waals surface area contributed by atoms with Gasteiger partial charge in [0.25, 0.3) is 11.5 Å². The summed E-state index contributed by atoms with van der Waals surface area (Å²) in [5.41, 5.74) is 4.84. The summed E-state index contributed by atoms with van der Waals surface area (Å²) in [4.78, 5) is 31.4. The first-order valence-electron chi connectivity index (χ1n) is 7.48. The van der Waals surface area contributed by atoms with Gasteiger partial charge in [-0.2, -0.15) is 4.68 Å². The molecular formula is C16H17N3O2S3. The van der Waals surface area contributed by atoms with Crippen molar-refractivity contribution in [1.82, 2.24) is 9.66 Å². The number of H-pyrrole nitrogens is 1. The lowest BCUT2D eigenvalue weighted by Gasteiger charge is -2.09. The smallest absolute Gasteiger partial charge is 0.282 e. The van der Waals surface area contributed by atoms with Crippen LogP contribution in [0, 0.1) is 25.5 Å². The van der Waals surface area contributed by atoms with E-state index in [1.807, 2.05) is 27.7 Å². The first-order valence-corrected chi connectivity index (χ1v) is 9.59. The second kappa shape index (κ2) is 6.27. The lowest BCUT2D eigenvalue weighted by Crippen LogP contribution is -2.34. The first-order chi connectivity index (χ1) is 11.3. The molecule has 0 unspecified atom stereocenters. The predicted octanol–water partition coefficient (Wildman–Crippen LogP) is 4.05. The Morgan fingerprint density at radius 1 is 1.33 bits per heavy atom. The van der Waals surface area contributed by atoms with Gasteiger partial charge in [0.1, 0.15) is 4.83 Å². The molecule has 8 heteroatoms. The summed E-state index contributed by atoms with van der Waals surface area (Å²) >= 11 is 8.29. The summed E-state index contributed by atoms with van der Waals surface area (Å²) in [5.74, 6) is -0.331. The van der Waals surface area contributed by atoms with Gasteiger partial charge in [-0.3, -0.25) is 15.0 Å². The molecule has 0 aliphatic heterocycles. The van der Waals surface area contributed by atoms with Crippen LogP contribution >= 0.6 is 34.9 Å². The Kier molecular flexibility index (Phi) is 4.46. The molecule has 1 amide bonds. The number of hydrogen-bond acceptors (Lipinski definition) is 5. The highest BCUT2D eigenvalue weighted by Crippen LogP contribution is 2.27. The third-order valence-corrected chi connectivity index (χ3v) is 6.51. The van der Waals surface area contributed by atoms with Crippen molar-refractivity contribution in [2.45, 2.75) is 34.1 Å². The zero-order valence-corrected chi connectivity index (χ0v) is 16.2. The number of nitrogens with zero attached hydrogens (tertiary/aromatic N) is 1. The van der Waals surface area contributed by atoms with E-state index in [4.69, 9.17) is 12.2 Å². The SMILES string of the molecule is CCc1c(C)sc2[nH]c(=S)n(NC(=O)c3csc(C)c3C)c(=O)c12. The van der Waals surface area contributed by atoms with E-state index in [-0.39, 0.29) is 16.2 Å². The van der Waals surface area contributed by atoms with Gasteiger partial charge in [0.05, 0.1) is 10.9 Å². The molecule has 24 heavy (non-hydrogen) atoms. The molecule has 0 aliphatic carbocycles. The van der Waals surface area contributed by atoms with Crippen LogP contribution in [-0.4, -0.2) is 15.6 Å². The number of fused-ring (bicyclic) bond motifs is 1. The van der Waals surface area contributed by atoms with Gasteiger partial charge in [-0.1, -0.05) is 6.92 Å². The Labute approximate surface area is 151 Å². The maximum atomic E-state index is 12.9. The fourth-order valence-electron chi connectivity index (χ4n) is 2.68. The summed E-state index contributed by atoms with van der Waals surface area (Å²) < 4.78 is 1.33. The predicted molar refractivity (Wildman–Crippen MR) is 103 cm³/mol. The molecule has 0 aliphatic rings. The number of carbonyl (C=O) groups excluding carboxylic acids is 1. The molecule has 0 fully saturated rings. The summed E-state index contributed by atoms with van der Waals surface area (Å²) in [7, 11) is 0. The highest BCUT2D eigenvalue weighted by molar-refractivity contribution is 7.71. The van der Waals surface area contributed by atoms with Crippen molar-refractivity contribution in [3.8, 4) is 0 Å². The minimum Gasteiger partial charge on any atom is -0.322 e. The number of aromatic amines is 1. The van der Waals surface area contributed by atoms with Crippen LogP contribution in [0.15, 0.2) is 10.2 Å². The molecule has 0 saturated carbocycles. The van der Waals surface area contributed by atoms with Crippen molar-refractivity contribution in [3.63, 3.8) is 0 Å². The Hall–Kier alpha value is -1.77. The zero-order chi connectivity index (χ0) is 17.6. The second-order valence-corrected chi connectivity index (χ2v) is 8.23. The number of aryl methyl sites for hydroxylation is 3. The lowest BCUT2D eigenvalue weighted by atomic mass is 10.1. The monoisotopic (exact) mass is 379 g/mol. The highest BCUT2D eigenvalue weighted by atomic mass is 32.1. The molecule has 0 atom stereocenters. The van der Waals surface area contributed by atoms with E-state index in [0.717, 1.165) is 36.8 Å². The van der Waals surface area contributed by atoms with Crippen LogP contribution in [0.4, 0.5) is 0 Å². The number of rotatable bonds is 3. The van der Waals surface area contributed by atoms with E-state index in [0.29, 0.717) is 10.9 Å². The highest BCUT2D eigenvalue weighted by Gasteiger charge is 2.18. The van der Waals surface area contributed by atoms with Crippen molar-refractivity contribution in [2.75, 3.05) is 5.43 Å². The molecule has 3 aromatic rings. The summed E-state index contributed by atoms with van der Waals surface area (Å²) in [6, 6.07) is 0. The van der Waals surface area contributed by atoms with E-state index in [1.165, 1.54) is 22.7 Å². The number of amides is 1. The van der Waals surface area contributed by atoms with Gasteiger partial charge >= 0.3 is 0 Å². The minimum atomic E-state index is -0.331. The van der Waals surface area contributed by atoms with Gasteiger partial charge in [-0.05, 0) is 50.5 Å². The molecule has 0 spiro atoms. The standard InChI is InChI=1S/C16H17N3O2S3/c1-5-10-9(4)24-14-12(10)15(21)19(16(22)17-14)18-13(20)11-6-23-8(3)7(11)2/h6H,5H2,1-4H3,(H,17,22)(H,18,20). The number of thiophene rings is 2. The number of carbonyl (C=O) groups is 1. The molecule has 0 radical (unpaired) electrons. The summed E-state index contributed by atoms with van der Waals surface area (Å²) in [6.45, 7) is 7.85. The average molecular weight is 380 g/mol. The van der Waals surface area contributed by atoms with E-state index in [9.17, 15) is 9.59 Å². The maximum Gasteiger partial charge on any atom is 0.282 e. The molecule has 0 saturated heterocycles. The van der Waals surface area contributed by atoms with Crippen molar-refractivity contribution in [1.29, 1.82) is 0 Å². The number of aromatic nitrogens is 2.